The van der Waals surface area contributed by atoms with Gasteiger partial charge in [0, 0.05) is 38.3 Å². The molecular weight excluding hydrogens is 292 g/mol. The zero-order valence-electron chi connectivity index (χ0n) is 13.7. The molecule has 2 amide bonds. The topological polar surface area (TPSA) is 78.7 Å². The average Bonchev–Trinajstić information content (AvgIpc) is 3.16. The zero-order chi connectivity index (χ0) is 16.0. The van der Waals surface area contributed by atoms with Gasteiger partial charge in [-0.2, -0.15) is 0 Å². The molecule has 2 saturated heterocycles. The highest BCUT2D eigenvalue weighted by atomic mass is 16.2. The molecule has 2 heterocycles. The van der Waals surface area contributed by atoms with Crippen molar-refractivity contribution in [2.24, 2.45) is 23.5 Å². The van der Waals surface area contributed by atoms with E-state index in [1.165, 1.54) is 12.8 Å². The number of carbonyl (C=O) groups is 2. The maximum Gasteiger partial charge on any atom is 0.236 e. The van der Waals surface area contributed by atoms with Crippen LogP contribution in [0.2, 0.25) is 0 Å². The fourth-order valence-electron chi connectivity index (χ4n) is 5.33. The maximum atomic E-state index is 13.0. The summed E-state index contributed by atoms with van der Waals surface area (Å²) in [4.78, 5) is 29.2. The van der Waals surface area contributed by atoms with Crippen molar-refractivity contribution in [2.75, 3.05) is 32.7 Å². The Morgan fingerprint density at radius 3 is 2.74 bits per heavy atom. The predicted molar refractivity (Wildman–Crippen MR) is 86.5 cm³/mol. The van der Waals surface area contributed by atoms with Crippen LogP contribution in [0.3, 0.4) is 0 Å². The molecule has 5 atom stereocenters. The number of piperidine rings is 1. The molecule has 0 aromatic rings. The minimum atomic E-state index is 0.0335. The summed E-state index contributed by atoms with van der Waals surface area (Å²) in [6.07, 6.45) is 5.52. The first-order valence-electron chi connectivity index (χ1n) is 9.19. The molecule has 6 nitrogen and oxygen atoms in total. The van der Waals surface area contributed by atoms with Crippen LogP contribution in [-0.4, -0.2) is 66.4 Å². The smallest absolute Gasteiger partial charge is 0.236 e. The summed E-state index contributed by atoms with van der Waals surface area (Å²) in [6, 6.07) is 0.250. The van der Waals surface area contributed by atoms with E-state index in [2.05, 4.69) is 5.32 Å². The van der Waals surface area contributed by atoms with Crippen molar-refractivity contribution in [3.05, 3.63) is 0 Å². The van der Waals surface area contributed by atoms with Crippen LogP contribution < -0.4 is 11.1 Å². The van der Waals surface area contributed by atoms with Gasteiger partial charge < -0.3 is 20.9 Å². The quantitative estimate of drug-likeness (QED) is 0.737. The third-order valence-corrected chi connectivity index (χ3v) is 6.54. The molecule has 0 aromatic heterocycles. The van der Waals surface area contributed by atoms with Gasteiger partial charge in [0.15, 0.2) is 0 Å². The summed E-state index contributed by atoms with van der Waals surface area (Å²) in [5.41, 5.74) is 6.35. The first-order valence-corrected chi connectivity index (χ1v) is 9.19. The molecule has 2 aliphatic heterocycles. The van der Waals surface area contributed by atoms with E-state index >= 15 is 0 Å². The lowest BCUT2D eigenvalue weighted by atomic mass is 9.83. The SMILES string of the molecule is NC1C2CCC(C2)C1C(=O)N1CCCC(N2CCNCC2=O)C1. The Labute approximate surface area is 137 Å². The standard InChI is InChI=1S/C17H28N4O2/c18-16-12-4-3-11(8-12)15(16)17(23)20-6-1-2-13(10-20)21-7-5-19-9-14(21)22/h11-13,15-16,19H,1-10,18H2. The van der Waals surface area contributed by atoms with Gasteiger partial charge in [-0.15, -0.1) is 0 Å². The number of nitrogens with zero attached hydrogens (tertiary/aromatic N) is 2. The Bertz CT molecular complexity index is 495. The van der Waals surface area contributed by atoms with Crippen molar-refractivity contribution in [2.45, 2.75) is 44.2 Å². The van der Waals surface area contributed by atoms with E-state index < -0.39 is 0 Å². The third kappa shape index (κ3) is 2.66. The highest BCUT2D eigenvalue weighted by Gasteiger charge is 2.50. The number of hydrogen-bond donors (Lipinski definition) is 2. The van der Waals surface area contributed by atoms with E-state index in [9.17, 15) is 9.59 Å². The van der Waals surface area contributed by atoms with Gasteiger partial charge in [-0.25, -0.2) is 0 Å². The average molecular weight is 320 g/mol. The van der Waals surface area contributed by atoms with Crippen molar-refractivity contribution in [1.82, 2.24) is 15.1 Å². The molecule has 0 aromatic carbocycles. The minimum Gasteiger partial charge on any atom is -0.340 e. The highest BCUT2D eigenvalue weighted by molar-refractivity contribution is 5.81. The summed E-state index contributed by atoms with van der Waals surface area (Å²) in [7, 11) is 0. The van der Waals surface area contributed by atoms with Gasteiger partial charge >= 0.3 is 0 Å². The third-order valence-electron chi connectivity index (χ3n) is 6.54. The van der Waals surface area contributed by atoms with Crippen LogP contribution in [-0.2, 0) is 9.59 Å². The molecule has 0 radical (unpaired) electrons. The molecule has 4 aliphatic rings. The molecular formula is C17H28N4O2. The van der Waals surface area contributed by atoms with Gasteiger partial charge in [0.05, 0.1) is 12.5 Å². The lowest BCUT2D eigenvalue weighted by molar-refractivity contribution is -0.144. The number of nitrogens with two attached hydrogens (primary N) is 1. The normalized spacial score (nSPS) is 40.7. The summed E-state index contributed by atoms with van der Waals surface area (Å²) in [5.74, 6) is 1.53. The summed E-state index contributed by atoms with van der Waals surface area (Å²) < 4.78 is 0. The molecule has 0 spiro atoms. The first-order chi connectivity index (χ1) is 11.1. The molecule has 23 heavy (non-hydrogen) atoms. The second kappa shape index (κ2) is 6.06. The van der Waals surface area contributed by atoms with E-state index in [-0.39, 0.29) is 29.8 Å². The molecule has 4 fully saturated rings. The zero-order valence-corrected chi connectivity index (χ0v) is 13.7. The first kappa shape index (κ1) is 15.4. The summed E-state index contributed by atoms with van der Waals surface area (Å²) >= 11 is 0. The molecule has 4 rings (SSSR count). The van der Waals surface area contributed by atoms with Gasteiger partial charge in [-0.05, 0) is 43.9 Å². The molecule has 3 N–H and O–H groups in total. The van der Waals surface area contributed by atoms with Gasteiger partial charge in [0.25, 0.3) is 0 Å². The van der Waals surface area contributed by atoms with E-state index in [0.717, 1.165) is 38.9 Å². The molecule has 2 aliphatic carbocycles. The van der Waals surface area contributed by atoms with Gasteiger partial charge in [-0.1, -0.05) is 0 Å². The Balaban J connectivity index is 1.43. The number of piperazine rings is 1. The van der Waals surface area contributed by atoms with Crippen LogP contribution in [0, 0.1) is 17.8 Å². The summed E-state index contributed by atoms with van der Waals surface area (Å²) in [5, 5.41) is 3.12. The van der Waals surface area contributed by atoms with Gasteiger partial charge in [0.2, 0.25) is 11.8 Å². The van der Waals surface area contributed by atoms with Crippen LogP contribution in [0.15, 0.2) is 0 Å². The summed E-state index contributed by atoms with van der Waals surface area (Å²) in [6.45, 7) is 3.58. The fraction of sp³-hybridized carbons (Fsp3) is 0.882. The highest BCUT2D eigenvalue weighted by Crippen LogP contribution is 2.48. The fourth-order valence-corrected chi connectivity index (χ4v) is 5.33. The van der Waals surface area contributed by atoms with E-state index in [4.69, 9.17) is 5.73 Å². The second-order valence-corrected chi connectivity index (χ2v) is 7.78. The van der Waals surface area contributed by atoms with Crippen molar-refractivity contribution < 1.29 is 9.59 Å². The van der Waals surface area contributed by atoms with Crippen LogP contribution in [0.25, 0.3) is 0 Å². The van der Waals surface area contributed by atoms with Crippen molar-refractivity contribution in [3.8, 4) is 0 Å². The van der Waals surface area contributed by atoms with Crippen LogP contribution in [0.1, 0.15) is 32.1 Å². The monoisotopic (exact) mass is 320 g/mol. The number of hydrogen-bond acceptors (Lipinski definition) is 4. The van der Waals surface area contributed by atoms with Gasteiger partial charge in [0.1, 0.15) is 0 Å². The number of likely N-dealkylation sites (tertiary alicyclic amines) is 1. The maximum absolute atomic E-state index is 13.0. The number of nitrogens with one attached hydrogen (secondary N) is 1. The van der Waals surface area contributed by atoms with Crippen LogP contribution >= 0.6 is 0 Å². The largest absolute Gasteiger partial charge is 0.340 e. The van der Waals surface area contributed by atoms with E-state index in [1.54, 1.807) is 0 Å². The number of carbonyl (C=O) groups excluding carboxylic acids is 2. The second-order valence-electron chi connectivity index (χ2n) is 7.78. The Morgan fingerprint density at radius 1 is 1.17 bits per heavy atom. The molecule has 128 valence electrons. The lowest BCUT2D eigenvalue weighted by Crippen LogP contribution is -2.59. The number of rotatable bonds is 2. The number of fused-ring (bicyclic) bond motifs is 2. The van der Waals surface area contributed by atoms with Crippen molar-refractivity contribution >= 4 is 11.8 Å². The lowest BCUT2D eigenvalue weighted by Gasteiger charge is -2.42. The Kier molecular flexibility index (Phi) is 4.05. The van der Waals surface area contributed by atoms with E-state index in [0.29, 0.717) is 24.9 Å². The Hall–Kier alpha value is -1.14. The molecule has 2 saturated carbocycles. The van der Waals surface area contributed by atoms with Gasteiger partial charge in [-0.3, -0.25) is 9.59 Å². The predicted octanol–water partition coefficient (Wildman–Crippen LogP) is -0.217. The molecule has 2 bridgehead atoms. The van der Waals surface area contributed by atoms with E-state index in [1.807, 2.05) is 9.80 Å². The minimum absolute atomic E-state index is 0.0335. The van der Waals surface area contributed by atoms with Crippen molar-refractivity contribution in [1.29, 1.82) is 0 Å². The van der Waals surface area contributed by atoms with Crippen LogP contribution in [0.4, 0.5) is 0 Å². The molecule has 5 unspecified atom stereocenters. The van der Waals surface area contributed by atoms with Crippen molar-refractivity contribution in [3.63, 3.8) is 0 Å². The number of amides is 2. The Morgan fingerprint density at radius 2 is 2.00 bits per heavy atom. The van der Waals surface area contributed by atoms with Crippen LogP contribution in [0.5, 0.6) is 0 Å². The molecule has 6 heteroatoms.